The molecule has 0 aromatic heterocycles. The third kappa shape index (κ3) is 3.44. The van der Waals surface area contributed by atoms with Crippen molar-refractivity contribution in [3.8, 4) is 6.07 Å². The summed E-state index contributed by atoms with van der Waals surface area (Å²) in [6.45, 7) is 2.64. The van der Waals surface area contributed by atoms with Crippen molar-refractivity contribution in [3.63, 3.8) is 0 Å². The Balaban J connectivity index is 2.10. The van der Waals surface area contributed by atoms with E-state index in [4.69, 9.17) is 10.00 Å². The van der Waals surface area contributed by atoms with Gasteiger partial charge in [-0.05, 0) is 42.0 Å². The maximum absolute atomic E-state index is 12.2. The monoisotopic (exact) mass is 333 g/mol. The van der Waals surface area contributed by atoms with E-state index in [2.05, 4.69) is 25.1 Å². The smallest absolute Gasteiger partial charge is 0.306 e. The molecule has 2 aromatic carbocycles. The fourth-order valence-corrected chi connectivity index (χ4v) is 4.10. The molecule has 0 radical (unpaired) electrons. The highest BCUT2D eigenvalue weighted by molar-refractivity contribution is 5.73. The zero-order chi connectivity index (χ0) is 17.7. The van der Waals surface area contributed by atoms with E-state index in [0.717, 1.165) is 19.3 Å². The second-order valence-corrected chi connectivity index (χ2v) is 6.74. The highest BCUT2D eigenvalue weighted by Gasteiger charge is 2.45. The molecule has 2 atom stereocenters. The van der Waals surface area contributed by atoms with Crippen LogP contribution in [0.2, 0.25) is 0 Å². The van der Waals surface area contributed by atoms with Gasteiger partial charge in [-0.15, -0.1) is 0 Å². The summed E-state index contributed by atoms with van der Waals surface area (Å²) in [4.78, 5) is 12.2. The summed E-state index contributed by atoms with van der Waals surface area (Å²) in [6, 6.07) is 20.4. The molecule has 2 unspecified atom stereocenters. The van der Waals surface area contributed by atoms with Crippen molar-refractivity contribution in [3.05, 3.63) is 71.3 Å². The van der Waals surface area contributed by atoms with Crippen LogP contribution in [0.3, 0.4) is 0 Å². The number of carbonyl (C=O) groups excluding carboxylic acids is 1. The van der Waals surface area contributed by atoms with Gasteiger partial charge in [0.05, 0.1) is 24.7 Å². The number of carbonyl (C=O) groups is 1. The SMILES string of the molecule is CCCC(c1ccc(C#N)cc1)C1(c2ccccc2)CCOC(=O)C1. The summed E-state index contributed by atoms with van der Waals surface area (Å²) < 4.78 is 5.27. The van der Waals surface area contributed by atoms with Crippen LogP contribution in [0.15, 0.2) is 54.6 Å². The highest BCUT2D eigenvalue weighted by atomic mass is 16.5. The molecule has 1 aliphatic heterocycles. The Morgan fingerprint density at radius 3 is 2.48 bits per heavy atom. The first-order chi connectivity index (χ1) is 12.2. The van der Waals surface area contributed by atoms with Crippen molar-refractivity contribution in [2.75, 3.05) is 6.61 Å². The third-order valence-corrected chi connectivity index (χ3v) is 5.31. The molecule has 0 bridgehead atoms. The van der Waals surface area contributed by atoms with Crippen molar-refractivity contribution in [1.82, 2.24) is 0 Å². The van der Waals surface area contributed by atoms with Crippen LogP contribution in [-0.2, 0) is 14.9 Å². The standard InChI is InChI=1S/C22H23NO2/c1-2-6-20(18-11-9-17(16-23)10-12-18)22(13-14-25-21(24)15-22)19-7-4-3-5-8-19/h3-5,7-12,20H,2,6,13-15H2,1H3. The predicted octanol–water partition coefficient (Wildman–Crippen LogP) is 4.72. The molecular formula is C22H23NO2. The molecule has 25 heavy (non-hydrogen) atoms. The Morgan fingerprint density at radius 1 is 1.16 bits per heavy atom. The molecule has 1 heterocycles. The topological polar surface area (TPSA) is 50.1 Å². The van der Waals surface area contributed by atoms with Gasteiger partial charge in [0.1, 0.15) is 0 Å². The Labute approximate surface area is 149 Å². The first-order valence-corrected chi connectivity index (χ1v) is 8.91. The highest BCUT2D eigenvalue weighted by Crippen LogP contribution is 2.48. The Hall–Kier alpha value is -2.60. The molecule has 3 rings (SSSR count). The van der Waals surface area contributed by atoms with E-state index in [-0.39, 0.29) is 17.3 Å². The van der Waals surface area contributed by atoms with Crippen molar-refractivity contribution in [1.29, 1.82) is 5.26 Å². The summed E-state index contributed by atoms with van der Waals surface area (Å²) in [6.07, 6.45) is 3.26. The summed E-state index contributed by atoms with van der Waals surface area (Å²) in [5, 5.41) is 9.07. The van der Waals surface area contributed by atoms with E-state index in [9.17, 15) is 4.79 Å². The van der Waals surface area contributed by atoms with Crippen molar-refractivity contribution in [2.45, 2.75) is 43.9 Å². The predicted molar refractivity (Wildman–Crippen MR) is 97.1 cm³/mol. The van der Waals surface area contributed by atoms with Gasteiger partial charge in [0.25, 0.3) is 0 Å². The normalized spacial score (nSPS) is 21.2. The molecule has 3 heteroatoms. The van der Waals surface area contributed by atoms with Crippen molar-refractivity contribution >= 4 is 5.97 Å². The van der Waals surface area contributed by atoms with Gasteiger partial charge in [0.15, 0.2) is 0 Å². The lowest BCUT2D eigenvalue weighted by atomic mass is 9.62. The van der Waals surface area contributed by atoms with Crippen LogP contribution < -0.4 is 0 Å². The van der Waals surface area contributed by atoms with Crippen LogP contribution in [0, 0.1) is 11.3 Å². The van der Waals surface area contributed by atoms with Gasteiger partial charge in [-0.2, -0.15) is 5.26 Å². The Morgan fingerprint density at radius 2 is 1.88 bits per heavy atom. The van der Waals surface area contributed by atoms with E-state index in [0.29, 0.717) is 18.6 Å². The van der Waals surface area contributed by atoms with E-state index in [1.54, 1.807) is 0 Å². The van der Waals surface area contributed by atoms with Gasteiger partial charge in [0, 0.05) is 5.41 Å². The summed E-state index contributed by atoms with van der Waals surface area (Å²) in [5.41, 5.74) is 2.81. The number of rotatable bonds is 5. The molecule has 0 saturated carbocycles. The molecule has 1 aliphatic rings. The van der Waals surface area contributed by atoms with E-state index < -0.39 is 0 Å². The maximum Gasteiger partial charge on any atom is 0.306 e. The lowest BCUT2D eigenvalue weighted by molar-refractivity contribution is -0.151. The minimum Gasteiger partial charge on any atom is -0.466 e. The van der Waals surface area contributed by atoms with Gasteiger partial charge in [0.2, 0.25) is 0 Å². The summed E-state index contributed by atoms with van der Waals surface area (Å²) in [5.74, 6) is 0.102. The number of nitriles is 1. The first kappa shape index (κ1) is 17.2. The number of benzene rings is 2. The van der Waals surface area contributed by atoms with Crippen LogP contribution in [0.1, 0.15) is 55.2 Å². The van der Waals surface area contributed by atoms with E-state index in [1.165, 1.54) is 11.1 Å². The zero-order valence-electron chi connectivity index (χ0n) is 14.6. The van der Waals surface area contributed by atoms with Crippen LogP contribution in [-0.4, -0.2) is 12.6 Å². The number of nitrogens with zero attached hydrogens (tertiary/aromatic N) is 1. The van der Waals surface area contributed by atoms with Crippen molar-refractivity contribution < 1.29 is 9.53 Å². The average Bonchev–Trinajstić information content (AvgIpc) is 2.67. The Kier molecular flexibility index (Phi) is 5.19. The lowest BCUT2D eigenvalue weighted by Crippen LogP contribution is -2.41. The fourth-order valence-electron chi connectivity index (χ4n) is 4.10. The molecule has 1 saturated heterocycles. The largest absolute Gasteiger partial charge is 0.466 e. The number of hydrogen-bond donors (Lipinski definition) is 0. The summed E-state index contributed by atoms with van der Waals surface area (Å²) in [7, 11) is 0. The molecule has 0 amide bonds. The molecule has 0 aliphatic carbocycles. The van der Waals surface area contributed by atoms with E-state index in [1.807, 2.05) is 42.5 Å². The zero-order valence-corrected chi connectivity index (χ0v) is 14.6. The van der Waals surface area contributed by atoms with E-state index >= 15 is 0 Å². The molecule has 1 fully saturated rings. The fraction of sp³-hybridized carbons (Fsp3) is 0.364. The van der Waals surface area contributed by atoms with Gasteiger partial charge in [-0.3, -0.25) is 4.79 Å². The van der Waals surface area contributed by atoms with Gasteiger partial charge in [-0.25, -0.2) is 0 Å². The molecular weight excluding hydrogens is 310 g/mol. The second kappa shape index (κ2) is 7.53. The molecule has 2 aromatic rings. The quantitative estimate of drug-likeness (QED) is 0.744. The summed E-state index contributed by atoms with van der Waals surface area (Å²) >= 11 is 0. The molecule has 128 valence electrons. The average molecular weight is 333 g/mol. The van der Waals surface area contributed by atoms with Gasteiger partial charge in [-0.1, -0.05) is 55.8 Å². The number of cyclic esters (lactones) is 1. The lowest BCUT2D eigenvalue weighted by Gasteiger charge is -2.43. The van der Waals surface area contributed by atoms with Crippen LogP contribution in [0.4, 0.5) is 0 Å². The number of ether oxygens (including phenoxy) is 1. The minimum atomic E-state index is -0.249. The number of esters is 1. The van der Waals surface area contributed by atoms with Crippen LogP contribution in [0.25, 0.3) is 0 Å². The Bertz CT molecular complexity index is 761. The van der Waals surface area contributed by atoms with Crippen LogP contribution >= 0.6 is 0 Å². The minimum absolute atomic E-state index is 0.121. The third-order valence-electron chi connectivity index (χ3n) is 5.31. The van der Waals surface area contributed by atoms with Gasteiger partial charge >= 0.3 is 5.97 Å². The molecule has 0 N–H and O–H groups in total. The van der Waals surface area contributed by atoms with Gasteiger partial charge < -0.3 is 4.74 Å². The molecule has 0 spiro atoms. The van der Waals surface area contributed by atoms with Crippen LogP contribution in [0.5, 0.6) is 0 Å². The van der Waals surface area contributed by atoms with Crippen molar-refractivity contribution in [2.24, 2.45) is 0 Å². The maximum atomic E-state index is 12.2. The number of hydrogen-bond acceptors (Lipinski definition) is 3. The second-order valence-electron chi connectivity index (χ2n) is 6.74. The first-order valence-electron chi connectivity index (χ1n) is 8.91. The molecule has 3 nitrogen and oxygen atoms in total.